The zero-order valence-corrected chi connectivity index (χ0v) is 14.7. The van der Waals surface area contributed by atoms with Crippen LogP contribution in [0.15, 0.2) is 24.3 Å². The van der Waals surface area contributed by atoms with Crippen molar-refractivity contribution in [2.75, 3.05) is 25.5 Å². The van der Waals surface area contributed by atoms with E-state index in [4.69, 9.17) is 4.74 Å². The maximum absolute atomic E-state index is 12.6. The molecule has 2 aliphatic rings. The summed E-state index contributed by atoms with van der Waals surface area (Å²) in [5, 5.41) is 2.17. The third kappa shape index (κ3) is 3.50. The molecule has 1 saturated heterocycles. The van der Waals surface area contributed by atoms with Gasteiger partial charge in [-0.05, 0) is 25.0 Å². The lowest BCUT2D eigenvalue weighted by molar-refractivity contribution is 0.182. The summed E-state index contributed by atoms with van der Waals surface area (Å²) >= 11 is 0. The fraction of sp³-hybridized carbons (Fsp3) is 0.588. The maximum atomic E-state index is 12.6. The van der Waals surface area contributed by atoms with E-state index in [0.29, 0.717) is 11.4 Å². The van der Waals surface area contributed by atoms with E-state index in [-0.39, 0.29) is 24.4 Å². The monoisotopic (exact) mass is 352 g/mol. The first-order chi connectivity index (χ1) is 11.5. The van der Waals surface area contributed by atoms with Gasteiger partial charge in [0.15, 0.2) is 9.84 Å². The number of nitrogens with one attached hydrogen (secondary N) is 1. The molecule has 0 radical (unpaired) electrons. The van der Waals surface area contributed by atoms with E-state index in [1.54, 1.807) is 36.3 Å². The van der Waals surface area contributed by atoms with E-state index in [0.717, 1.165) is 32.1 Å². The zero-order valence-electron chi connectivity index (χ0n) is 13.9. The van der Waals surface area contributed by atoms with E-state index in [1.807, 2.05) is 0 Å². The molecule has 1 heterocycles. The Morgan fingerprint density at radius 2 is 1.88 bits per heavy atom. The smallest absolute Gasteiger partial charge is 0.321 e. The Morgan fingerprint density at radius 1 is 1.17 bits per heavy atom. The lowest BCUT2D eigenvalue weighted by Crippen LogP contribution is -2.59. The molecule has 6 nitrogen and oxygen atoms in total. The third-order valence-corrected chi connectivity index (χ3v) is 7.57. The van der Waals surface area contributed by atoms with Gasteiger partial charge in [0, 0.05) is 24.8 Å². The number of amides is 2. The number of anilines is 1. The second-order valence-corrected chi connectivity index (χ2v) is 9.05. The average molecular weight is 352 g/mol. The number of benzene rings is 1. The van der Waals surface area contributed by atoms with Gasteiger partial charge in [0.2, 0.25) is 0 Å². The predicted molar refractivity (Wildman–Crippen MR) is 93.2 cm³/mol. The molecule has 2 amide bonds. The van der Waals surface area contributed by atoms with E-state index in [1.165, 1.54) is 0 Å². The summed E-state index contributed by atoms with van der Waals surface area (Å²) in [7, 11) is -1.55. The van der Waals surface area contributed by atoms with Gasteiger partial charge in [0.1, 0.15) is 5.75 Å². The van der Waals surface area contributed by atoms with Crippen LogP contribution in [0.5, 0.6) is 5.75 Å². The van der Waals surface area contributed by atoms with Crippen LogP contribution in [-0.4, -0.2) is 50.0 Å². The number of hydrogen-bond donors (Lipinski definition) is 1. The molecule has 1 aliphatic carbocycles. The van der Waals surface area contributed by atoms with Crippen LogP contribution in [0.2, 0.25) is 0 Å². The topological polar surface area (TPSA) is 75.7 Å². The summed E-state index contributed by atoms with van der Waals surface area (Å²) in [6.07, 6.45) is 4.67. The lowest BCUT2D eigenvalue weighted by atomic mass is 10.0. The molecular formula is C17H24N2O4S. The Labute approximate surface area is 143 Å². The van der Waals surface area contributed by atoms with Gasteiger partial charge in [-0.3, -0.25) is 0 Å². The highest BCUT2D eigenvalue weighted by atomic mass is 32.2. The highest BCUT2D eigenvalue weighted by Crippen LogP contribution is 2.30. The van der Waals surface area contributed by atoms with Gasteiger partial charge in [-0.1, -0.05) is 25.3 Å². The normalized spacial score (nSPS) is 19.6. The molecule has 1 N–H and O–H groups in total. The van der Waals surface area contributed by atoms with Crippen molar-refractivity contribution in [3.05, 3.63) is 24.3 Å². The number of carbonyl (C=O) groups is 1. The SMILES string of the molecule is COc1cccc(NC(=O)N2CC(S(=O)(=O)C3CCCCC3)C2)c1. The second kappa shape index (κ2) is 7.01. The first-order valence-corrected chi connectivity index (χ1v) is 10.0. The molecule has 0 spiro atoms. The van der Waals surface area contributed by atoms with Crippen LogP contribution in [0, 0.1) is 0 Å². The van der Waals surface area contributed by atoms with Crippen molar-refractivity contribution in [3.63, 3.8) is 0 Å². The largest absolute Gasteiger partial charge is 0.497 e. The Balaban J connectivity index is 1.54. The Bertz CT molecular complexity index is 692. The molecule has 0 aromatic heterocycles. The molecule has 24 heavy (non-hydrogen) atoms. The Kier molecular flexibility index (Phi) is 4.99. The van der Waals surface area contributed by atoms with Crippen LogP contribution in [0.1, 0.15) is 32.1 Å². The van der Waals surface area contributed by atoms with Crippen molar-refractivity contribution in [2.24, 2.45) is 0 Å². The van der Waals surface area contributed by atoms with Gasteiger partial charge in [-0.2, -0.15) is 0 Å². The van der Waals surface area contributed by atoms with Crippen molar-refractivity contribution >= 4 is 21.6 Å². The number of likely N-dealkylation sites (tertiary alicyclic amines) is 1. The number of urea groups is 1. The summed E-state index contributed by atoms with van der Waals surface area (Å²) < 4.78 is 30.3. The number of carbonyl (C=O) groups excluding carboxylic acids is 1. The molecule has 0 atom stereocenters. The van der Waals surface area contributed by atoms with Crippen molar-refractivity contribution in [1.29, 1.82) is 0 Å². The molecule has 3 rings (SSSR count). The number of nitrogens with zero attached hydrogens (tertiary/aromatic N) is 1. The Hall–Kier alpha value is -1.76. The zero-order chi connectivity index (χ0) is 17.2. The summed E-state index contributed by atoms with van der Waals surface area (Å²) in [6.45, 7) is 0.573. The molecule has 7 heteroatoms. The third-order valence-electron chi connectivity index (χ3n) is 4.94. The molecule has 132 valence electrons. The van der Waals surface area contributed by atoms with Crippen LogP contribution >= 0.6 is 0 Å². The van der Waals surface area contributed by atoms with Crippen molar-refractivity contribution in [1.82, 2.24) is 4.90 Å². The van der Waals surface area contributed by atoms with Crippen molar-refractivity contribution < 1.29 is 17.9 Å². The van der Waals surface area contributed by atoms with Crippen LogP contribution < -0.4 is 10.1 Å². The second-order valence-electron chi connectivity index (χ2n) is 6.54. The summed E-state index contributed by atoms with van der Waals surface area (Å²) in [6, 6.07) is 6.83. The molecular weight excluding hydrogens is 328 g/mol. The average Bonchev–Trinajstić information content (AvgIpc) is 2.54. The summed E-state index contributed by atoms with van der Waals surface area (Å²) in [5.41, 5.74) is 0.637. The minimum absolute atomic E-state index is 0.208. The minimum atomic E-state index is -3.12. The van der Waals surface area contributed by atoms with Crippen LogP contribution in [-0.2, 0) is 9.84 Å². The lowest BCUT2D eigenvalue weighted by Gasteiger charge is -2.40. The highest BCUT2D eigenvalue weighted by molar-refractivity contribution is 7.92. The maximum Gasteiger partial charge on any atom is 0.321 e. The molecule has 0 bridgehead atoms. The minimum Gasteiger partial charge on any atom is -0.497 e. The van der Waals surface area contributed by atoms with Gasteiger partial charge in [-0.25, -0.2) is 13.2 Å². The molecule has 2 fully saturated rings. The number of hydrogen-bond acceptors (Lipinski definition) is 4. The Morgan fingerprint density at radius 3 is 2.54 bits per heavy atom. The number of ether oxygens (including phenoxy) is 1. The number of sulfone groups is 1. The first kappa shape index (κ1) is 17.1. The highest BCUT2D eigenvalue weighted by Gasteiger charge is 2.43. The van der Waals surface area contributed by atoms with E-state index < -0.39 is 15.1 Å². The first-order valence-electron chi connectivity index (χ1n) is 8.43. The molecule has 1 aliphatic heterocycles. The molecule has 1 aromatic rings. The fourth-order valence-corrected chi connectivity index (χ4v) is 5.69. The predicted octanol–water partition coefficient (Wildman–Crippen LogP) is 2.66. The van der Waals surface area contributed by atoms with Crippen LogP contribution in [0.25, 0.3) is 0 Å². The fourth-order valence-electron chi connectivity index (χ4n) is 3.38. The van der Waals surface area contributed by atoms with Gasteiger partial charge < -0.3 is 15.0 Å². The van der Waals surface area contributed by atoms with E-state index in [2.05, 4.69) is 5.32 Å². The van der Waals surface area contributed by atoms with Crippen LogP contribution in [0.4, 0.5) is 10.5 Å². The molecule has 0 unspecified atom stereocenters. The summed E-state index contributed by atoms with van der Waals surface area (Å²) in [5.74, 6) is 0.661. The van der Waals surface area contributed by atoms with Crippen LogP contribution in [0.3, 0.4) is 0 Å². The quantitative estimate of drug-likeness (QED) is 0.904. The number of methoxy groups -OCH3 is 1. The van der Waals surface area contributed by atoms with Gasteiger partial charge in [-0.15, -0.1) is 0 Å². The van der Waals surface area contributed by atoms with Gasteiger partial charge in [0.25, 0.3) is 0 Å². The van der Waals surface area contributed by atoms with E-state index in [9.17, 15) is 13.2 Å². The van der Waals surface area contributed by atoms with Gasteiger partial charge >= 0.3 is 6.03 Å². The van der Waals surface area contributed by atoms with E-state index >= 15 is 0 Å². The standard InChI is InChI=1S/C17H24N2O4S/c1-23-14-7-5-6-13(10-14)18-17(20)19-11-16(12-19)24(21,22)15-8-3-2-4-9-15/h5-7,10,15-16H,2-4,8-9,11-12H2,1H3,(H,18,20). The molecule has 1 saturated carbocycles. The van der Waals surface area contributed by atoms with Crippen molar-refractivity contribution in [2.45, 2.75) is 42.6 Å². The van der Waals surface area contributed by atoms with Gasteiger partial charge in [0.05, 0.1) is 17.6 Å². The van der Waals surface area contributed by atoms with Crippen molar-refractivity contribution in [3.8, 4) is 5.75 Å². The summed E-state index contributed by atoms with van der Waals surface area (Å²) in [4.78, 5) is 13.8. The molecule has 1 aromatic carbocycles. The number of rotatable bonds is 4.